The number of hydrogen-bond acceptors (Lipinski definition) is 3. The highest BCUT2D eigenvalue weighted by Gasteiger charge is 2.06. The second-order valence-electron chi connectivity index (χ2n) is 4.85. The zero-order chi connectivity index (χ0) is 13.4. The highest BCUT2D eigenvalue weighted by molar-refractivity contribution is 5.94. The third kappa shape index (κ3) is 5.17. The largest absolute Gasteiger partial charge is 0.384 e. The normalized spacial score (nSPS) is 10.4. The lowest BCUT2D eigenvalue weighted by atomic mass is 10.2. The molecule has 0 unspecified atom stereocenters. The van der Waals surface area contributed by atoms with Crippen LogP contribution in [0, 0.1) is 5.92 Å². The van der Waals surface area contributed by atoms with E-state index in [1.807, 2.05) is 6.07 Å². The first kappa shape index (κ1) is 14.5. The fraction of sp³-hybridized carbons (Fsp3) is 0.571. The van der Waals surface area contributed by atoms with E-state index in [0.717, 1.165) is 31.6 Å². The molecule has 0 saturated heterocycles. The molecule has 0 aliphatic heterocycles. The maximum Gasteiger partial charge on any atom is 0.252 e. The number of nitrogens with zero attached hydrogens (tertiary/aromatic N) is 1. The summed E-state index contributed by atoms with van der Waals surface area (Å²) in [7, 11) is 0. The number of anilines is 1. The van der Waals surface area contributed by atoms with Crippen LogP contribution < -0.4 is 10.6 Å². The Balaban J connectivity index is 2.55. The minimum absolute atomic E-state index is 0.0517. The first-order valence-corrected chi connectivity index (χ1v) is 6.60. The minimum atomic E-state index is -0.0517. The van der Waals surface area contributed by atoms with Crippen molar-refractivity contribution in [1.82, 2.24) is 10.3 Å². The van der Waals surface area contributed by atoms with E-state index in [1.165, 1.54) is 0 Å². The Morgan fingerprint density at radius 3 is 2.83 bits per heavy atom. The Morgan fingerprint density at radius 1 is 1.39 bits per heavy atom. The Kier molecular flexibility index (Phi) is 6.19. The van der Waals surface area contributed by atoms with Gasteiger partial charge in [0.25, 0.3) is 5.91 Å². The molecule has 0 aliphatic rings. The van der Waals surface area contributed by atoms with E-state index >= 15 is 0 Å². The Morgan fingerprint density at radius 2 is 2.17 bits per heavy atom. The van der Waals surface area contributed by atoms with Crippen LogP contribution in [0.15, 0.2) is 18.5 Å². The van der Waals surface area contributed by atoms with E-state index in [4.69, 9.17) is 0 Å². The molecule has 0 saturated carbocycles. The summed E-state index contributed by atoms with van der Waals surface area (Å²) < 4.78 is 0. The number of carbonyl (C=O) groups excluding carboxylic acids is 1. The molecule has 1 heterocycles. The van der Waals surface area contributed by atoms with E-state index < -0.39 is 0 Å². The Hall–Kier alpha value is -1.58. The fourth-order valence-electron chi connectivity index (χ4n) is 1.46. The van der Waals surface area contributed by atoms with Crippen molar-refractivity contribution in [3.63, 3.8) is 0 Å². The molecule has 0 fully saturated rings. The summed E-state index contributed by atoms with van der Waals surface area (Å²) in [5.74, 6) is 0.510. The lowest BCUT2D eigenvalue weighted by Crippen LogP contribution is -2.24. The molecule has 1 aromatic rings. The van der Waals surface area contributed by atoms with Crippen LogP contribution in [0.3, 0.4) is 0 Å². The predicted molar refractivity (Wildman–Crippen MR) is 74.8 cm³/mol. The van der Waals surface area contributed by atoms with Crippen LogP contribution in [-0.4, -0.2) is 24.0 Å². The SMILES string of the molecule is CCCCNC(=O)c1cncc(NCC(C)C)c1. The van der Waals surface area contributed by atoms with Crippen molar-refractivity contribution < 1.29 is 4.79 Å². The van der Waals surface area contributed by atoms with Crippen LogP contribution >= 0.6 is 0 Å². The monoisotopic (exact) mass is 249 g/mol. The maximum atomic E-state index is 11.8. The molecule has 0 spiro atoms. The van der Waals surface area contributed by atoms with Crippen LogP contribution in [0.4, 0.5) is 5.69 Å². The van der Waals surface area contributed by atoms with Gasteiger partial charge in [-0.2, -0.15) is 0 Å². The Bertz CT molecular complexity index is 377. The molecule has 100 valence electrons. The van der Waals surface area contributed by atoms with Crippen LogP contribution in [0.2, 0.25) is 0 Å². The van der Waals surface area contributed by atoms with Crippen LogP contribution in [0.5, 0.6) is 0 Å². The van der Waals surface area contributed by atoms with Gasteiger partial charge in [-0.3, -0.25) is 9.78 Å². The molecule has 2 N–H and O–H groups in total. The van der Waals surface area contributed by atoms with Crippen LogP contribution in [0.25, 0.3) is 0 Å². The Labute approximate surface area is 109 Å². The lowest BCUT2D eigenvalue weighted by Gasteiger charge is -2.10. The number of hydrogen-bond donors (Lipinski definition) is 2. The first-order chi connectivity index (χ1) is 8.63. The van der Waals surface area contributed by atoms with Gasteiger partial charge in [-0.05, 0) is 18.4 Å². The standard InChI is InChI=1S/C14H23N3O/c1-4-5-6-16-14(18)12-7-13(10-15-9-12)17-8-11(2)3/h7,9-11,17H,4-6,8H2,1-3H3,(H,16,18). The van der Waals surface area contributed by atoms with Gasteiger partial charge in [-0.25, -0.2) is 0 Å². The van der Waals surface area contributed by atoms with Crippen molar-refractivity contribution in [2.75, 3.05) is 18.4 Å². The van der Waals surface area contributed by atoms with Gasteiger partial charge >= 0.3 is 0 Å². The molecule has 18 heavy (non-hydrogen) atoms. The van der Waals surface area contributed by atoms with Crippen molar-refractivity contribution in [3.05, 3.63) is 24.0 Å². The number of nitrogens with one attached hydrogen (secondary N) is 2. The number of rotatable bonds is 7. The average molecular weight is 249 g/mol. The molecular formula is C14H23N3O. The highest BCUT2D eigenvalue weighted by Crippen LogP contribution is 2.09. The summed E-state index contributed by atoms with van der Waals surface area (Å²) in [6.45, 7) is 7.98. The highest BCUT2D eigenvalue weighted by atomic mass is 16.1. The zero-order valence-electron chi connectivity index (χ0n) is 11.5. The lowest BCUT2D eigenvalue weighted by molar-refractivity contribution is 0.0953. The van der Waals surface area contributed by atoms with Gasteiger partial charge in [-0.15, -0.1) is 0 Å². The smallest absolute Gasteiger partial charge is 0.252 e. The third-order valence-electron chi connectivity index (χ3n) is 2.53. The molecule has 0 radical (unpaired) electrons. The summed E-state index contributed by atoms with van der Waals surface area (Å²) in [6, 6.07) is 1.84. The fourth-order valence-corrected chi connectivity index (χ4v) is 1.46. The van der Waals surface area contributed by atoms with Gasteiger partial charge < -0.3 is 10.6 Å². The molecule has 0 aromatic carbocycles. The summed E-state index contributed by atoms with van der Waals surface area (Å²) in [5.41, 5.74) is 1.51. The zero-order valence-corrected chi connectivity index (χ0v) is 11.5. The molecular weight excluding hydrogens is 226 g/mol. The summed E-state index contributed by atoms with van der Waals surface area (Å²) >= 11 is 0. The topological polar surface area (TPSA) is 54.0 Å². The second-order valence-corrected chi connectivity index (χ2v) is 4.85. The van der Waals surface area contributed by atoms with Crippen LogP contribution in [-0.2, 0) is 0 Å². The average Bonchev–Trinajstić information content (AvgIpc) is 2.37. The molecule has 1 rings (SSSR count). The number of pyridine rings is 1. The molecule has 0 bridgehead atoms. The number of aromatic nitrogens is 1. The van der Waals surface area contributed by atoms with E-state index in [9.17, 15) is 4.79 Å². The molecule has 1 aromatic heterocycles. The van der Waals surface area contributed by atoms with E-state index in [2.05, 4.69) is 36.4 Å². The van der Waals surface area contributed by atoms with Gasteiger partial charge in [0.15, 0.2) is 0 Å². The van der Waals surface area contributed by atoms with Gasteiger partial charge in [-0.1, -0.05) is 27.2 Å². The summed E-state index contributed by atoms with van der Waals surface area (Å²) in [5, 5.41) is 6.15. The predicted octanol–water partition coefficient (Wildman–Crippen LogP) is 2.68. The van der Waals surface area contributed by atoms with Crippen molar-refractivity contribution >= 4 is 11.6 Å². The first-order valence-electron chi connectivity index (χ1n) is 6.60. The van der Waals surface area contributed by atoms with Gasteiger partial charge in [0, 0.05) is 25.5 Å². The quantitative estimate of drug-likeness (QED) is 0.730. The van der Waals surface area contributed by atoms with Crippen molar-refractivity contribution in [1.29, 1.82) is 0 Å². The molecule has 1 amide bonds. The van der Waals surface area contributed by atoms with E-state index in [0.29, 0.717) is 11.5 Å². The van der Waals surface area contributed by atoms with Crippen LogP contribution in [0.1, 0.15) is 44.0 Å². The summed E-state index contributed by atoms with van der Waals surface area (Å²) in [4.78, 5) is 15.9. The van der Waals surface area contributed by atoms with Gasteiger partial charge in [0.2, 0.25) is 0 Å². The van der Waals surface area contributed by atoms with Gasteiger partial charge in [0.05, 0.1) is 11.3 Å². The maximum absolute atomic E-state index is 11.8. The number of unbranched alkanes of at least 4 members (excludes halogenated alkanes) is 1. The minimum Gasteiger partial charge on any atom is -0.384 e. The van der Waals surface area contributed by atoms with Crippen molar-refractivity contribution in [2.45, 2.75) is 33.6 Å². The molecule has 0 aliphatic carbocycles. The summed E-state index contributed by atoms with van der Waals surface area (Å²) in [6.07, 6.45) is 5.42. The number of amides is 1. The molecule has 4 heteroatoms. The van der Waals surface area contributed by atoms with Crippen molar-refractivity contribution in [2.24, 2.45) is 5.92 Å². The van der Waals surface area contributed by atoms with Gasteiger partial charge in [0.1, 0.15) is 0 Å². The third-order valence-corrected chi connectivity index (χ3v) is 2.53. The number of carbonyl (C=O) groups is 1. The molecule has 0 atom stereocenters. The second kappa shape index (κ2) is 7.69. The van der Waals surface area contributed by atoms with Crippen molar-refractivity contribution in [3.8, 4) is 0 Å². The van der Waals surface area contributed by atoms with E-state index in [1.54, 1.807) is 12.4 Å². The van der Waals surface area contributed by atoms with E-state index in [-0.39, 0.29) is 5.91 Å². The molecule has 4 nitrogen and oxygen atoms in total.